The van der Waals surface area contributed by atoms with E-state index >= 15 is 0 Å². The minimum atomic E-state index is -0.551. The van der Waals surface area contributed by atoms with Crippen LogP contribution in [0, 0.1) is 32.6 Å². The van der Waals surface area contributed by atoms with Gasteiger partial charge in [-0.25, -0.2) is 24.4 Å². The van der Waals surface area contributed by atoms with Gasteiger partial charge in [-0.15, -0.1) is 5.92 Å². The lowest BCUT2D eigenvalue weighted by Gasteiger charge is -2.36. The van der Waals surface area contributed by atoms with Crippen molar-refractivity contribution in [3.05, 3.63) is 51.2 Å². The number of amides is 1. The standard InChI is InChI=1S/C30H36N8O3/c1-8-9-10-37-26-24(34-28(37)35-11-13-36(14-12-35)29(40)41-30(5,6)7)17-31-38(27(26)39)18-22-15-19(2)25-23(16-22)32-20(3)21(4)33-25/h15-17H,10-14,18H2,1-7H3. The van der Waals surface area contributed by atoms with Gasteiger partial charge in [-0.3, -0.25) is 9.36 Å². The summed E-state index contributed by atoms with van der Waals surface area (Å²) in [5.74, 6) is 6.66. The molecule has 1 fully saturated rings. The van der Waals surface area contributed by atoms with Crippen LogP contribution in [0.5, 0.6) is 0 Å². The number of rotatable bonds is 4. The average molecular weight is 557 g/mol. The van der Waals surface area contributed by atoms with Crippen molar-refractivity contribution in [2.75, 3.05) is 31.1 Å². The number of aryl methyl sites for hydroxylation is 3. The van der Waals surface area contributed by atoms with Crippen molar-refractivity contribution >= 4 is 34.1 Å². The van der Waals surface area contributed by atoms with Gasteiger partial charge in [0, 0.05) is 26.2 Å². The molecule has 1 aliphatic rings. The highest BCUT2D eigenvalue weighted by Gasteiger charge is 2.28. The van der Waals surface area contributed by atoms with Crippen LogP contribution < -0.4 is 10.5 Å². The molecule has 3 aromatic heterocycles. The fraction of sp³-hybridized carbons (Fsp3) is 0.467. The third-order valence-electron chi connectivity index (χ3n) is 7.12. The zero-order chi connectivity index (χ0) is 29.5. The second-order valence-corrected chi connectivity index (χ2v) is 11.4. The summed E-state index contributed by atoms with van der Waals surface area (Å²) >= 11 is 0. The molecule has 11 heteroatoms. The van der Waals surface area contributed by atoms with E-state index < -0.39 is 5.60 Å². The largest absolute Gasteiger partial charge is 0.444 e. The molecular weight excluding hydrogens is 520 g/mol. The molecule has 4 aromatic rings. The maximum atomic E-state index is 13.8. The molecule has 1 amide bonds. The summed E-state index contributed by atoms with van der Waals surface area (Å²) in [5.41, 5.74) is 5.54. The normalized spacial score (nSPS) is 13.9. The number of benzene rings is 1. The zero-order valence-corrected chi connectivity index (χ0v) is 24.8. The number of anilines is 1. The van der Waals surface area contributed by atoms with Crippen molar-refractivity contribution < 1.29 is 9.53 Å². The predicted molar refractivity (Wildman–Crippen MR) is 158 cm³/mol. The molecule has 4 heterocycles. The Kier molecular flexibility index (Phi) is 7.43. The third-order valence-corrected chi connectivity index (χ3v) is 7.12. The van der Waals surface area contributed by atoms with Gasteiger partial charge in [0.1, 0.15) is 16.6 Å². The molecule has 1 aromatic carbocycles. The first kappa shape index (κ1) is 28.1. The van der Waals surface area contributed by atoms with Gasteiger partial charge in [0.25, 0.3) is 5.56 Å². The first-order chi connectivity index (χ1) is 19.4. The minimum Gasteiger partial charge on any atom is -0.444 e. The SMILES string of the molecule is CC#CCn1c(N2CCN(C(=O)OC(C)(C)C)CC2)nc2cnn(Cc3cc(C)c4nc(C)c(C)nc4c3)c(=O)c21. The Morgan fingerprint density at radius 3 is 2.39 bits per heavy atom. The molecule has 0 bridgehead atoms. The van der Waals surface area contributed by atoms with Crippen LogP contribution in [0.15, 0.2) is 23.1 Å². The predicted octanol–water partition coefficient (Wildman–Crippen LogP) is 3.59. The van der Waals surface area contributed by atoms with Crippen LogP contribution in [0.2, 0.25) is 0 Å². The molecule has 0 saturated carbocycles. The van der Waals surface area contributed by atoms with E-state index in [1.54, 1.807) is 18.0 Å². The summed E-state index contributed by atoms with van der Waals surface area (Å²) in [6, 6.07) is 4.00. The summed E-state index contributed by atoms with van der Waals surface area (Å²) in [5, 5.41) is 4.46. The van der Waals surface area contributed by atoms with E-state index in [9.17, 15) is 9.59 Å². The number of ether oxygens (including phenoxy) is 1. The Morgan fingerprint density at radius 1 is 1.00 bits per heavy atom. The van der Waals surface area contributed by atoms with Crippen LogP contribution in [-0.4, -0.2) is 72.1 Å². The molecule has 11 nitrogen and oxygen atoms in total. The molecule has 0 atom stereocenters. The quantitative estimate of drug-likeness (QED) is 0.351. The number of carbonyl (C=O) groups is 1. The van der Waals surface area contributed by atoms with Crippen LogP contribution >= 0.6 is 0 Å². The Hall–Kier alpha value is -4.46. The number of fused-ring (bicyclic) bond motifs is 2. The van der Waals surface area contributed by atoms with E-state index in [4.69, 9.17) is 19.7 Å². The number of imidazole rings is 1. The lowest BCUT2D eigenvalue weighted by atomic mass is 10.1. The molecule has 1 aliphatic heterocycles. The van der Waals surface area contributed by atoms with Gasteiger partial charge in [0.05, 0.1) is 41.7 Å². The average Bonchev–Trinajstić information content (AvgIpc) is 3.28. The van der Waals surface area contributed by atoms with Gasteiger partial charge in [-0.1, -0.05) is 12.0 Å². The molecule has 0 unspecified atom stereocenters. The number of hydrogen-bond acceptors (Lipinski definition) is 8. The molecule has 5 rings (SSSR count). The molecular formula is C30H36N8O3. The number of piperazine rings is 1. The van der Waals surface area contributed by atoms with Gasteiger partial charge in [0.2, 0.25) is 5.95 Å². The van der Waals surface area contributed by atoms with Crippen molar-refractivity contribution in [2.45, 2.75) is 67.2 Å². The van der Waals surface area contributed by atoms with Gasteiger partial charge in [0.15, 0.2) is 0 Å². The van der Waals surface area contributed by atoms with Crippen LogP contribution in [-0.2, 0) is 17.8 Å². The molecule has 0 N–H and O–H groups in total. The first-order valence-electron chi connectivity index (χ1n) is 13.8. The number of hydrogen-bond donors (Lipinski definition) is 0. The monoisotopic (exact) mass is 556 g/mol. The van der Waals surface area contributed by atoms with Gasteiger partial charge >= 0.3 is 6.09 Å². The lowest BCUT2D eigenvalue weighted by molar-refractivity contribution is 0.0240. The summed E-state index contributed by atoms with van der Waals surface area (Å²) in [7, 11) is 0. The Morgan fingerprint density at radius 2 is 1.71 bits per heavy atom. The number of carbonyl (C=O) groups excluding carboxylic acids is 1. The Labute approximate surface area is 239 Å². The van der Waals surface area contributed by atoms with E-state index in [1.165, 1.54) is 4.68 Å². The van der Waals surface area contributed by atoms with Crippen LogP contribution in [0.4, 0.5) is 10.7 Å². The Bertz CT molecular complexity index is 1760. The lowest BCUT2D eigenvalue weighted by Crippen LogP contribution is -2.50. The zero-order valence-electron chi connectivity index (χ0n) is 24.8. The second kappa shape index (κ2) is 10.8. The summed E-state index contributed by atoms with van der Waals surface area (Å²) < 4.78 is 8.85. The highest BCUT2D eigenvalue weighted by Crippen LogP contribution is 2.23. The van der Waals surface area contributed by atoms with E-state index in [0.717, 1.165) is 33.5 Å². The molecule has 0 spiro atoms. The molecule has 41 heavy (non-hydrogen) atoms. The van der Waals surface area contributed by atoms with E-state index in [2.05, 4.69) is 21.8 Å². The highest BCUT2D eigenvalue weighted by molar-refractivity contribution is 5.79. The van der Waals surface area contributed by atoms with Crippen molar-refractivity contribution in [3.8, 4) is 11.8 Å². The summed E-state index contributed by atoms with van der Waals surface area (Å²) in [6.07, 6.45) is 1.31. The van der Waals surface area contributed by atoms with Gasteiger partial charge < -0.3 is 14.5 Å². The van der Waals surface area contributed by atoms with Crippen molar-refractivity contribution in [2.24, 2.45) is 0 Å². The van der Waals surface area contributed by atoms with Crippen LogP contribution in [0.25, 0.3) is 22.1 Å². The second-order valence-electron chi connectivity index (χ2n) is 11.4. The molecule has 0 aliphatic carbocycles. The summed E-state index contributed by atoms with van der Waals surface area (Å²) in [6.45, 7) is 15.9. The maximum absolute atomic E-state index is 13.8. The van der Waals surface area contributed by atoms with E-state index in [1.807, 2.05) is 58.2 Å². The van der Waals surface area contributed by atoms with Gasteiger partial charge in [-0.2, -0.15) is 5.10 Å². The Balaban J connectivity index is 1.46. The van der Waals surface area contributed by atoms with E-state index in [-0.39, 0.29) is 18.2 Å². The van der Waals surface area contributed by atoms with E-state index in [0.29, 0.717) is 49.7 Å². The third kappa shape index (κ3) is 5.73. The smallest absolute Gasteiger partial charge is 0.410 e. The summed E-state index contributed by atoms with van der Waals surface area (Å²) in [4.78, 5) is 44.3. The number of nitrogens with zero attached hydrogens (tertiary/aromatic N) is 8. The first-order valence-corrected chi connectivity index (χ1v) is 13.8. The molecule has 214 valence electrons. The van der Waals surface area contributed by atoms with Crippen molar-refractivity contribution in [3.63, 3.8) is 0 Å². The van der Waals surface area contributed by atoms with Crippen LogP contribution in [0.1, 0.15) is 50.2 Å². The topological polar surface area (TPSA) is 111 Å². The fourth-order valence-electron chi connectivity index (χ4n) is 4.99. The van der Waals surface area contributed by atoms with Crippen molar-refractivity contribution in [1.29, 1.82) is 0 Å². The number of aromatic nitrogens is 6. The van der Waals surface area contributed by atoms with Gasteiger partial charge in [-0.05, 0) is 65.7 Å². The minimum absolute atomic E-state index is 0.240. The fourth-order valence-corrected chi connectivity index (χ4v) is 4.99. The maximum Gasteiger partial charge on any atom is 0.410 e. The van der Waals surface area contributed by atoms with Crippen molar-refractivity contribution in [1.82, 2.24) is 34.2 Å². The van der Waals surface area contributed by atoms with Crippen LogP contribution in [0.3, 0.4) is 0 Å². The molecule has 1 saturated heterocycles. The highest BCUT2D eigenvalue weighted by atomic mass is 16.6. The molecule has 0 radical (unpaired) electrons.